The molecule has 1 saturated heterocycles. The Labute approximate surface area is 121 Å². The molecule has 0 aromatic heterocycles. The summed E-state index contributed by atoms with van der Waals surface area (Å²) in [5.74, 6) is 0.590. The summed E-state index contributed by atoms with van der Waals surface area (Å²) in [4.78, 5) is 0. The van der Waals surface area contributed by atoms with Crippen LogP contribution in [0.1, 0.15) is 31.7 Å². The Hall–Kier alpha value is -0.570. The lowest BCUT2D eigenvalue weighted by atomic mass is 9.76. The van der Waals surface area contributed by atoms with Gasteiger partial charge >= 0.3 is 0 Å². The first-order valence-electron chi connectivity index (χ1n) is 7.20. The summed E-state index contributed by atoms with van der Waals surface area (Å²) in [6, 6.07) is 8.15. The molecule has 1 N–H and O–H groups in total. The van der Waals surface area contributed by atoms with E-state index in [1.807, 2.05) is 19.2 Å². The van der Waals surface area contributed by atoms with Crippen molar-refractivity contribution in [3.8, 4) is 0 Å². The van der Waals surface area contributed by atoms with E-state index in [-0.39, 0.29) is 5.60 Å². The number of benzene rings is 1. The average Bonchev–Trinajstić information content (AvgIpc) is 2.48. The Morgan fingerprint density at radius 1 is 1.37 bits per heavy atom. The van der Waals surface area contributed by atoms with Gasteiger partial charge in [-0.05, 0) is 43.5 Å². The molecule has 2 atom stereocenters. The first kappa shape index (κ1) is 14.8. The number of halogens is 1. The summed E-state index contributed by atoms with van der Waals surface area (Å²) in [6.45, 7) is 4.43. The zero-order chi connectivity index (χ0) is 13.7. The lowest BCUT2D eigenvalue weighted by Gasteiger charge is -2.41. The fraction of sp³-hybridized carbons (Fsp3) is 0.625. The third kappa shape index (κ3) is 3.50. The number of methoxy groups -OCH3 is 1. The van der Waals surface area contributed by atoms with Gasteiger partial charge in [-0.3, -0.25) is 0 Å². The fourth-order valence-electron chi connectivity index (χ4n) is 3.19. The van der Waals surface area contributed by atoms with Gasteiger partial charge in [0.25, 0.3) is 0 Å². The molecule has 1 fully saturated rings. The molecule has 1 aromatic rings. The van der Waals surface area contributed by atoms with Gasteiger partial charge in [0.05, 0.1) is 5.60 Å². The number of rotatable bonds is 5. The summed E-state index contributed by atoms with van der Waals surface area (Å²) >= 11 is 5.96. The normalized spacial score (nSPS) is 23.0. The van der Waals surface area contributed by atoms with Crippen molar-refractivity contribution in [3.05, 3.63) is 34.9 Å². The smallest absolute Gasteiger partial charge is 0.0756 e. The van der Waals surface area contributed by atoms with Crippen LogP contribution >= 0.6 is 11.6 Å². The second-order valence-electron chi connectivity index (χ2n) is 5.47. The highest BCUT2D eigenvalue weighted by Gasteiger charge is 2.37. The molecular formula is C16H24ClNO. The maximum Gasteiger partial charge on any atom is 0.0756 e. The topological polar surface area (TPSA) is 21.3 Å². The predicted molar refractivity (Wildman–Crippen MR) is 80.8 cm³/mol. The van der Waals surface area contributed by atoms with Gasteiger partial charge in [-0.2, -0.15) is 0 Å². The maximum atomic E-state index is 5.99. The zero-order valence-electron chi connectivity index (χ0n) is 11.9. The van der Waals surface area contributed by atoms with Crippen LogP contribution in [-0.2, 0) is 11.2 Å². The van der Waals surface area contributed by atoms with Gasteiger partial charge in [0.1, 0.15) is 0 Å². The van der Waals surface area contributed by atoms with E-state index in [2.05, 4.69) is 24.4 Å². The molecule has 3 heteroatoms. The van der Waals surface area contributed by atoms with Crippen molar-refractivity contribution in [1.82, 2.24) is 5.32 Å². The summed E-state index contributed by atoms with van der Waals surface area (Å²) < 4.78 is 5.99. The van der Waals surface area contributed by atoms with Crippen LogP contribution in [0.5, 0.6) is 0 Å². The third-order valence-electron chi connectivity index (χ3n) is 4.46. The van der Waals surface area contributed by atoms with Gasteiger partial charge in [0.2, 0.25) is 0 Å². The standard InChI is InChI=1S/C16H24ClNO/c1-3-16(19-2,14-5-4-10-18-12-14)11-13-6-8-15(17)9-7-13/h6-9,14,18H,3-5,10-12H2,1-2H3. The van der Waals surface area contributed by atoms with Crippen LogP contribution < -0.4 is 5.32 Å². The van der Waals surface area contributed by atoms with Crippen LogP contribution in [0.15, 0.2) is 24.3 Å². The number of ether oxygens (including phenoxy) is 1. The van der Waals surface area contributed by atoms with Crippen LogP contribution in [0.4, 0.5) is 0 Å². The molecule has 1 aliphatic rings. The zero-order valence-corrected chi connectivity index (χ0v) is 12.7. The minimum atomic E-state index is -0.0543. The number of piperidine rings is 1. The fourth-order valence-corrected chi connectivity index (χ4v) is 3.32. The van der Waals surface area contributed by atoms with Crippen molar-refractivity contribution >= 4 is 11.6 Å². The minimum absolute atomic E-state index is 0.0543. The molecule has 19 heavy (non-hydrogen) atoms. The average molecular weight is 282 g/mol. The summed E-state index contributed by atoms with van der Waals surface area (Å²) in [7, 11) is 1.86. The molecule has 2 rings (SSSR count). The molecule has 0 aliphatic carbocycles. The number of hydrogen-bond acceptors (Lipinski definition) is 2. The Bertz CT molecular complexity index is 380. The second-order valence-corrected chi connectivity index (χ2v) is 5.91. The predicted octanol–water partition coefficient (Wildman–Crippen LogP) is 3.68. The van der Waals surface area contributed by atoms with E-state index in [9.17, 15) is 0 Å². The number of hydrogen-bond donors (Lipinski definition) is 1. The Morgan fingerprint density at radius 2 is 2.11 bits per heavy atom. The van der Waals surface area contributed by atoms with E-state index < -0.39 is 0 Å². The Morgan fingerprint density at radius 3 is 2.63 bits per heavy atom. The van der Waals surface area contributed by atoms with Crippen molar-refractivity contribution in [2.24, 2.45) is 5.92 Å². The molecule has 1 aromatic carbocycles. The molecule has 106 valence electrons. The second kappa shape index (κ2) is 6.74. The van der Waals surface area contributed by atoms with E-state index in [1.54, 1.807) is 0 Å². The van der Waals surface area contributed by atoms with E-state index >= 15 is 0 Å². The van der Waals surface area contributed by atoms with Crippen molar-refractivity contribution in [2.75, 3.05) is 20.2 Å². The van der Waals surface area contributed by atoms with Crippen LogP contribution in [0.3, 0.4) is 0 Å². The molecule has 0 amide bonds. The Kier molecular flexibility index (Phi) is 5.26. The lowest BCUT2D eigenvalue weighted by Crippen LogP contribution is -2.48. The minimum Gasteiger partial charge on any atom is -0.378 e. The van der Waals surface area contributed by atoms with Crippen molar-refractivity contribution in [3.63, 3.8) is 0 Å². The van der Waals surface area contributed by atoms with Gasteiger partial charge in [-0.1, -0.05) is 30.7 Å². The first-order chi connectivity index (χ1) is 9.20. The van der Waals surface area contributed by atoms with E-state index in [4.69, 9.17) is 16.3 Å². The third-order valence-corrected chi connectivity index (χ3v) is 4.71. The van der Waals surface area contributed by atoms with Gasteiger partial charge in [0.15, 0.2) is 0 Å². The molecule has 0 spiro atoms. The monoisotopic (exact) mass is 281 g/mol. The van der Waals surface area contributed by atoms with Crippen LogP contribution in [-0.4, -0.2) is 25.8 Å². The van der Waals surface area contributed by atoms with Crippen LogP contribution in [0.2, 0.25) is 5.02 Å². The molecule has 0 bridgehead atoms. The van der Waals surface area contributed by atoms with E-state index in [0.717, 1.165) is 31.0 Å². The van der Waals surface area contributed by atoms with Crippen molar-refractivity contribution < 1.29 is 4.74 Å². The lowest BCUT2D eigenvalue weighted by molar-refractivity contribution is -0.0678. The SMILES string of the molecule is CCC(Cc1ccc(Cl)cc1)(OC)C1CCCNC1. The molecule has 2 unspecified atom stereocenters. The molecule has 0 radical (unpaired) electrons. The van der Waals surface area contributed by atoms with Gasteiger partial charge in [-0.25, -0.2) is 0 Å². The molecular weight excluding hydrogens is 258 g/mol. The van der Waals surface area contributed by atoms with Crippen molar-refractivity contribution in [2.45, 2.75) is 38.2 Å². The molecule has 1 heterocycles. The van der Waals surface area contributed by atoms with E-state index in [1.165, 1.54) is 18.4 Å². The quantitative estimate of drug-likeness (QED) is 0.889. The highest BCUT2D eigenvalue weighted by molar-refractivity contribution is 6.30. The largest absolute Gasteiger partial charge is 0.378 e. The summed E-state index contributed by atoms with van der Waals surface area (Å²) in [5, 5.41) is 4.30. The van der Waals surface area contributed by atoms with Crippen molar-refractivity contribution in [1.29, 1.82) is 0 Å². The molecule has 0 saturated carbocycles. The van der Waals surface area contributed by atoms with Gasteiger partial charge in [-0.15, -0.1) is 0 Å². The molecule has 1 aliphatic heterocycles. The summed E-state index contributed by atoms with van der Waals surface area (Å²) in [6.07, 6.45) is 4.50. The molecule has 2 nitrogen and oxygen atoms in total. The number of nitrogens with one attached hydrogen (secondary N) is 1. The first-order valence-corrected chi connectivity index (χ1v) is 7.58. The highest BCUT2D eigenvalue weighted by atomic mass is 35.5. The van der Waals surface area contributed by atoms with Gasteiger partial charge in [0, 0.05) is 31.0 Å². The summed E-state index contributed by atoms with van der Waals surface area (Å²) in [5.41, 5.74) is 1.25. The highest BCUT2D eigenvalue weighted by Crippen LogP contribution is 2.34. The van der Waals surface area contributed by atoms with Gasteiger partial charge < -0.3 is 10.1 Å². The van der Waals surface area contributed by atoms with E-state index in [0.29, 0.717) is 5.92 Å². The Balaban J connectivity index is 2.15. The van der Waals surface area contributed by atoms with Crippen LogP contribution in [0.25, 0.3) is 0 Å². The maximum absolute atomic E-state index is 5.99. The van der Waals surface area contributed by atoms with Crippen LogP contribution in [0, 0.1) is 5.92 Å².